The Morgan fingerprint density at radius 1 is 1.26 bits per heavy atom. The summed E-state index contributed by atoms with van der Waals surface area (Å²) in [4.78, 5) is 14.9. The first-order chi connectivity index (χ1) is 13.0. The van der Waals surface area contributed by atoms with Gasteiger partial charge in [0, 0.05) is 11.9 Å². The van der Waals surface area contributed by atoms with E-state index in [9.17, 15) is 4.79 Å². The molecule has 0 aliphatic heterocycles. The third kappa shape index (κ3) is 5.87. The Morgan fingerprint density at radius 2 is 2.07 bits per heavy atom. The van der Waals surface area contributed by atoms with Gasteiger partial charge >= 0.3 is 0 Å². The van der Waals surface area contributed by atoms with Crippen LogP contribution in [-0.2, 0) is 17.9 Å². The number of benzene rings is 1. The molecule has 2 heterocycles. The molecule has 0 fully saturated rings. The van der Waals surface area contributed by atoms with E-state index in [-0.39, 0.29) is 18.3 Å². The van der Waals surface area contributed by atoms with Crippen LogP contribution < -0.4 is 4.74 Å². The lowest BCUT2D eigenvalue weighted by Gasteiger charge is -2.15. The molecule has 27 heavy (non-hydrogen) atoms. The van der Waals surface area contributed by atoms with Gasteiger partial charge < -0.3 is 14.1 Å². The van der Waals surface area contributed by atoms with Crippen molar-refractivity contribution in [2.75, 3.05) is 12.8 Å². The van der Waals surface area contributed by atoms with Gasteiger partial charge in [-0.05, 0) is 24.3 Å². The van der Waals surface area contributed by atoms with Crippen LogP contribution in [0.4, 0.5) is 0 Å². The van der Waals surface area contributed by atoms with Crippen molar-refractivity contribution in [3.05, 3.63) is 56.5 Å². The molecule has 6 nitrogen and oxygen atoms in total. The summed E-state index contributed by atoms with van der Waals surface area (Å²) >= 11 is 14.6. The van der Waals surface area contributed by atoms with E-state index in [2.05, 4.69) is 10.2 Å². The first-order valence-electron chi connectivity index (χ1n) is 7.82. The fourth-order valence-electron chi connectivity index (χ4n) is 2.05. The maximum absolute atomic E-state index is 12.2. The highest BCUT2D eigenvalue weighted by molar-refractivity contribution is 7.99. The van der Waals surface area contributed by atoms with E-state index in [1.54, 1.807) is 24.1 Å². The maximum atomic E-state index is 12.2. The van der Waals surface area contributed by atoms with Crippen molar-refractivity contribution >= 4 is 52.2 Å². The molecule has 1 amide bonds. The van der Waals surface area contributed by atoms with Gasteiger partial charge in [0.1, 0.15) is 5.75 Å². The molecule has 10 heteroatoms. The van der Waals surface area contributed by atoms with Gasteiger partial charge in [0.25, 0.3) is 11.1 Å². The van der Waals surface area contributed by atoms with Crippen LogP contribution >= 0.6 is 46.3 Å². The molecular weight excluding hydrogens is 429 g/mol. The second kappa shape index (κ2) is 9.45. The number of amides is 1. The molecule has 0 aliphatic rings. The summed E-state index contributed by atoms with van der Waals surface area (Å²) in [6, 6.07) is 10.9. The predicted octanol–water partition coefficient (Wildman–Crippen LogP) is 4.77. The highest BCUT2D eigenvalue weighted by atomic mass is 35.5. The van der Waals surface area contributed by atoms with Gasteiger partial charge in [0.2, 0.25) is 5.91 Å². The number of ether oxygens (including phenoxy) is 1. The van der Waals surface area contributed by atoms with Gasteiger partial charge in [0.15, 0.2) is 6.61 Å². The van der Waals surface area contributed by atoms with E-state index in [1.807, 2.05) is 24.3 Å². The number of hydrogen-bond acceptors (Lipinski definition) is 7. The predicted molar refractivity (Wildman–Crippen MR) is 107 cm³/mol. The molecule has 2 aromatic heterocycles. The molecule has 142 valence electrons. The monoisotopic (exact) mass is 443 g/mol. The van der Waals surface area contributed by atoms with E-state index < -0.39 is 0 Å². The maximum Gasteiger partial charge on any atom is 0.277 e. The average molecular weight is 444 g/mol. The first-order valence-corrected chi connectivity index (χ1v) is 10.4. The Labute approximate surface area is 174 Å². The molecular formula is C17H15Cl2N3O3S2. The SMILES string of the molecule is CN(Cc1ccc(Cl)s1)C(=O)CSc1nnc(COc2ccccc2Cl)o1. The highest BCUT2D eigenvalue weighted by Crippen LogP contribution is 2.25. The fourth-order valence-corrected chi connectivity index (χ4v) is 4.10. The van der Waals surface area contributed by atoms with Gasteiger partial charge in [-0.2, -0.15) is 0 Å². The number of carbonyl (C=O) groups is 1. The minimum absolute atomic E-state index is 0.0448. The summed E-state index contributed by atoms with van der Waals surface area (Å²) in [5.74, 6) is 1.00. The average Bonchev–Trinajstić information content (AvgIpc) is 3.27. The van der Waals surface area contributed by atoms with Crippen LogP contribution in [-0.4, -0.2) is 33.8 Å². The number of rotatable bonds is 8. The Hall–Kier alpha value is -1.74. The van der Waals surface area contributed by atoms with Crippen LogP contribution in [0.5, 0.6) is 5.75 Å². The van der Waals surface area contributed by atoms with Crippen LogP contribution in [0.3, 0.4) is 0 Å². The van der Waals surface area contributed by atoms with Crippen molar-refractivity contribution in [3.63, 3.8) is 0 Å². The number of aromatic nitrogens is 2. The summed E-state index contributed by atoms with van der Waals surface area (Å²) in [6.45, 7) is 0.613. The molecule has 0 spiro atoms. The lowest BCUT2D eigenvalue weighted by molar-refractivity contribution is -0.127. The highest BCUT2D eigenvalue weighted by Gasteiger charge is 2.14. The zero-order chi connectivity index (χ0) is 19.2. The van der Waals surface area contributed by atoms with E-state index >= 15 is 0 Å². The second-order valence-corrected chi connectivity index (χ2v) is 8.56. The lowest BCUT2D eigenvalue weighted by Crippen LogP contribution is -2.27. The van der Waals surface area contributed by atoms with Gasteiger partial charge in [-0.3, -0.25) is 4.79 Å². The molecule has 3 rings (SSSR count). The molecule has 0 radical (unpaired) electrons. The van der Waals surface area contributed by atoms with Crippen molar-refractivity contribution in [1.82, 2.24) is 15.1 Å². The summed E-state index contributed by atoms with van der Waals surface area (Å²) in [6.07, 6.45) is 0. The van der Waals surface area contributed by atoms with Gasteiger partial charge in [0.05, 0.1) is 21.7 Å². The van der Waals surface area contributed by atoms with E-state index in [1.165, 1.54) is 23.1 Å². The molecule has 0 atom stereocenters. The topological polar surface area (TPSA) is 68.5 Å². The first kappa shape index (κ1) is 20.0. The molecule has 0 saturated heterocycles. The molecule has 0 unspecified atom stereocenters. The largest absolute Gasteiger partial charge is 0.482 e. The molecule has 0 N–H and O–H groups in total. The number of thiophene rings is 1. The van der Waals surface area contributed by atoms with E-state index in [0.717, 1.165) is 4.88 Å². The van der Waals surface area contributed by atoms with Crippen molar-refractivity contribution in [3.8, 4) is 5.75 Å². The van der Waals surface area contributed by atoms with Crippen LogP contribution in [0.15, 0.2) is 46.0 Å². The third-order valence-corrected chi connectivity index (χ3v) is 5.73. The summed E-state index contributed by atoms with van der Waals surface area (Å²) < 4.78 is 11.7. The van der Waals surface area contributed by atoms with E-state index in [0.29, 0.717) is 32.8 Å². The van der Waals surface area contributed by atoms with Gasteiger partial charge in [-0.15, -0.1) is 21.5 Å². The van der Waals surface area contributed by atoms with Crippen molar-refractivity contribution in [2.24, 2.45) is 0 Å². The molecule has 0 aliphatic carbocycles. The Kier molecular flexibility index (Phi) is 7.01. The lowest BCUT2D eigenvalue weighted by atomic mass is 10.3. The van der Waals surface area contributed by atoms with E-state index in [4.69, 9.17) is 32.4 Å². The van der Waals surface area contributed by atoms with Crippen LogP contribution in [0.2, 0.25) is 9.36 Å². The van der Waals surface area contributed by atoms with Crippen LogP contribution in [0, 0.1) is 0 Å². The third-order valence-electron chi connectivity index (χ3n) is 3.40. The minimum atomic E-state index is -0.0448. The number of nitrogens with zero attached hydrogens (tertiary/aromatic N) is 3. The quantitative estimate of drug-likeness (QED) is 0.467. The van der Waals surface area contributed by atoms with Crippen LogP contribution in [0.25, 0.3) is 0 Å². The van der Waals surface area contributed by atoms with Crippen molar-refractivity contribution in [1.29, 1.82) is 0 Å². The van der Waals surface area contributed by atoms with Crippen LogP contribution in [0.1, 0.15) is 10.8 Å². The second-order valence-electron chi connectivity index (χ2n) is 5.43. The Balaban J connectivity index is 1.46. The molecule has 3 aromatic rings. The number of thioether (sulfide) groups is 1. The molecule has 0 saturated carbocycles. The minimum Gasteiger partial charge on any atom is -0.482 e. The zero-order valence-corrected chi connectivity index (χ0v) is 17.4. The summed E-state index contributed by atoms with van der Waals surface area (Å²) in [5.41, 5.74) is 0. The number of carbonyl (C=O) groups excluding carboxylic acids is 1. The number of para-hydroxylation sites is 1. The summed E-state index contributed by atoms with van der Waals surface area (Å²) in [7, 11) is 1.74. The zero-order valence-electron chi connectivity index (χ0n) is 14.2. The Morgan fingerprint density at radius 3 is 2.81 bits per heavy atom. The smallest absolute Gasteiger partial charge is 0.277 e. The van der Waals surface area contributed by atoms with Gasteiger partial charge in [-0.25, -0.2) is 0 Å². The van der Waals surface area contributed by atoms with Gasteiger partial charge in [-0.1, -0.05) is 47.1 Å². The van der Waals surface area contributed by atoms with Crippen molar-refractivity contribution < 1.29 is 13.9 Å². The number of hydrogen-bond donors (Lipinski definition) is 0. The molecule has 1 aromatic carbocycles. The van der Waals surface area contributed by atoms with Crippen molar-refractivity contribution in [2.45, 2.75) is 18.4 Å². The number of halogens is 2. The standard InChI is InChI=1S/C17H15Cl2N3O3S2/c1-22(8-11-6-7-14(19)27-11)16(23)10-26-17-21-20-15(25-17)9-24-13-5-3-2-4-12(13)18/h2-7H,8-10H2,1H3. The fraction of sp³-hybridized carbons (Fsp3) is 0.235. The Bertz CT molecular complexity index is 916. The summed E-state index contributed by atoms with van der Waals surface area (Å²) in [5, 5.41) is 8.65. The normalized spacial score (nSPS) is 10.8. The molecule has 0 bridgehead atoms.